The molecule has 0 aliphatic rings. The van der Waals surface area contributed by atoms with Gasteiger partial charge in [-0.15, -0.1) is 23.1 Å². The number of thiazole rings is 1. The lowest BCUT2D eigenvalue weighted by Gasteiger charge is -2.11. The fraction of sp³-hybridized carbons (Fsp3) is 0.0909. The molecule has 1 atom stereocenters. The van der Waals surface area contributed by atoms with Gasteiger partial charge in [0, 0.05) is 33.7 Å². The highest BCUT2D eigenvalue weighted by atomic mass is 32.2. The Kier molecular flexibility index (Phi) is 7.58. The molecule has 0 saturated carbocycles. The van der Waals surface area contributed by atoms with E-state index in [0.717, 1.165) is 28.3 Å². The van der Waals surface area contributed by atoms with Crippen LogP contribution in [0.1, 0.15) is 6.92 Å². The minimum Gasteiger partial charge on any atom is -0.478 e. The monoisotopic (exact) mass is 453 g/mol. The van der Waals surface area contributed by atoms with Crippen LogP contribution in [0.2, 0.25) is 0 Å². The van der Waals surface area contributed by atoms with Crippen molar-refractivity contribution in [1.29, 1.82) is 0 Å². The third kappa shape index (κ3) is 6.80. The van der Waals surface area contributed by atoms with Gasteiger partial charge >= 0.3 is 5.97 Å². The topological polar surface area (TPSA) is 108 Å². The van der Waals surface area contributed by atoms with Gasteiger partial charge in [0.15, 0.2) is 5.13 Å². The van der Waals surface area contributed by atoms with Crippen LogP contribution in [0.3, 0.4) is 0 Å². The number of thioether (sulfide) groups is 1. The summed E-state index contributed by atoms with van der Waals surface area (Å²) in [4.78, 5) is 40.0. The van der Waals surface area contributed by atoms with Gasteiger partial charge in [0.1, 0.15) is 0 Å². The van der Waals surface area contributed by atoms with Gasteiger partial charge in [0.25, 0.3) is 0 Å². The molecule has 0 aliphatic carbocycles. The highest BCUT2D eigenvalue weighted by molar-refractivity contribution is 8.00. The summed E-state index contributed by atoms with van der Waals surface area (Å²) in [5.74, 6) is -1.93. The number of carbonyl (C=O) groups excluding carboxylic acids is 2. The first-order valence-electron chi connectivity index (χ1n) is 9.21. The van der Waals surface area contributed by atoms with Crippen LogP contribution in [-0.4, -0.2) is 33.1 Å². The van der Waals surface area contributed by atoms with Crippen molar-refractivity contribution in [3.05, 3.63) is 72.1 Å². The quantitative estimate of drug-likeness (QED) is 0.342. The molecule has 3 aromatic rings. The van der Waals surface area contributed by atoms with Crippen LogP contribution in [0, 0.1) is 0 Å². The van der Waals surface area contributed by atoms with E-state index in [4.69, 9.17) is 5.11 Å². The highest BCUT2D eigenvalue weighted by Crippen LogP contribution is 2.28. The number of amides is 2. The maximum absolute atomic E-state index is 12.6. The first-order valence-corrected chi connectivity index (χ1v) is 11.0. The Hall–Kier alpha value is -3.43. The zero-order chi connectivity index (χ0) is 22.2. The molecule has 3 N–H and O–H groups in total. The molecule has 2 amide bonds. The number of aliphatic carboxylic acids is 1. The zero-order valence-electron chi connectivity index (χ0n) is 16.4. The van der Waals surface area contributed by atoms with Crippen LogP contribution < -0.4 is 10.6 Å². The number of carbonyl (C=O) groups is 3. The number of anilines is 2. The van der Waals surface area contributed by atoms with E-state index in [1.807, 2.05) is 41.8 Å². The molecule has 0 spiro atoms. The van der Waals surface area contributed by atoms with Crippen molar-refractivity contribution in [3.8, 4) is 11.3 Å². The number of nitrogens with one attached hydrogen (secondary N) is 2. The summed E-state index contributed by atoms with van der Waals surface area (Å²) in [5.41, 5.74) is 2.30. The Labute approximate surface area is 187 Å². The predicted octanol–water partition coefficient (Wildman–Crippen LogP) is 4.51. The van der Waals surface area contributed by atoms with Crippen LogP contribution in [-0.2, 0) is 14.4 Å². The minimum absolute atomic E-state index is 0.183. The number of aromatic nitrogens is 1. The van der Waals surface area contributed by atoms with Gasteiger partial charge in [-0.05, 0) is 25.1 Å². The normalized spacial score (nSPS) is 11.8. The van der Waals surface area contributed by atoms with Crippen molar-refractivity contribution in [2.75, 3.05) is 10.6 Å². The second-order valence-corrected chi connectivity index (χ2v) is 8.61. The Bertz CT molecular complexity index is 1110. The number of carboxylic acid groups (broad SMARTS) is 1. The van der Waals surface area contributed by atoms with E-state index in [0.29, 0.717) is 10.8 Å². The van der Waals surface area contributed by atoms with Gasteiger partial charge in [-0.25, -0.2) is 9.78 Å². The fourth-order valence-electron chi connectivity index (χ4n) is 2.52. The van der Waals surface area contributed by atoms with Gasteiger partial charge in [-0.1, -0.05) is 36.4 Å². The third-order valence-corrected chi connectivity index (χ3v) is 5.82. The lowest BCUT2D eigenvalue weighted by molar-refractivity contribution is -0.131. The summed E-state index contributed by atoms with van der Waals surface area (Å²) in [6.45, 7) is 1.78. The number of carboxylic acids is 1. The lowest BCUT2D eigenvalue weighted by atomic mass is 10.2. The van der Waals surface area contributed by atoms with Gasteiger partial charge in [0.2, 0.25) is 11.8 Å². The van der Waals surface area contributed by atoms with Crippen LogP contribution in [0.15, 0.2) is 77.0 Å². The van der Waals surface area contributed by atoms with E-state index < -0.39 is 17.1 Å². The number of nitrogens with zero attached hydrogens (tertiary/aromatic N) is 1. The summed E-state index contributed by atoms with van der Waals surface area (Å²) in [6, 6.07) is 16.7. The molecular formula is C22H19N3O4S2. The van der Waals surface area contributed by atoms with Gasteiger partial charge in [-0.2, -0.15) is 0 Å². The summed E-state index contributed by atoms with van der Waals surface area (Å²) in [6.07, 6.45) is 1.71. The zero-order valence-corrected chi connectivity index (χ0v) is 18.1. The fourth-order valence-corrected chi connectivity index (χ4v) is 4.16. The molecule has 0 aliphatic heterocycles. The van der Waals surface area contributed by atoms with E-state index in [2.05, 4.69) is 15.6 Å². The molecule has 2 aromatic carbocycles. The molecule has 1 unspecified atom stereocenters. The SMILES string of the molecule is CC(Sc1cccc(NC(=O)/C=C/C(=O)O)c1)C(=O)Nc1nc(-c2ccccc2)cs1. The molecule has 1 heterocycles. The molecule has 9 heteroatoms. The van der Waals surface area contributed by atoms with Crippen molar-refractivity contribution in [2.45, 2.75) is 17.1 Å². The molecule has 31 heavy (non-hydrogen) atoms. The largest absolute Gasteiger partial charge is 0.478 e. The molecule has 0 radical (unpaired) electrons. The van der Waals surface area contributed by atoms with Gasteiger partial charge in [-0.3, -0.25) is 9.59 Å². The van der Waals surface area contributed by atoms with Crippen molar-refractivity contribution < 1.29 is 19.5 Å². The Balaban J connectivity index is 1.58. The second-order valence-electron chi connectivity index (χ2n) is 6.34. The van der Waals surface area contributed by atoms with Crippen LogP contribution in [0.4, 0.5) is 10.8 Å². The van der Waals surface area contributed by atoms with Crippen molar-refractivity contribution in [3.63, 3.8) is 0 Å². The van der Waals surface area contributed by atoms with Crippen molar-refractivity contribution >= 4 is 51.7 Å². The number of rotatable bonds is 8. The smallest absolute Gasteiger partial charge is 0.328 e. The first kappa shape index (κ1) is 22.3. The van der Waals surface area contributed by atoms with E-state index in [1.54, 1.807) is 25.1 Å². The Morgan fingerprint density at radius 3 is 2.58 bits per heavy atom. The summed E-state index contributed by atoms with van der Waals surface area (Å²) in [7, 11) is 0. The molecule has 1 aromatic heterocycles. The van der Waals surface area contributed by atoms with E-state index in [9.17, 15) is 14.4 Å². The van der Waals surface area contributed by atoms with E-state index in [-0.39, 0.29) is 5.91 Å². The average Bonchev–Trinajstić information content (AvgIpc) is 3.21. The predicted molar refractivity (Wildman–Crippen MR) is 123 cm³/mol. The highest BCUT2D eigenvalue weighted by Gasteiger charge is 2.17. The standard InChI is InChI=1S/C22H19N3O4S2/c1-14(21(29)25-22-24-18(13-30-22)15-6-3-2-4-7-15)31-17-9-5-8-16(12-17)23-19(26)10-11-20(27)28/h2-14H,1H3,(H,23,26)(H,27,28)(H,24,25,29)/b11-10+. The molecule has 0 saturated heterocycles. The van der Waals surface area contributed by atoms with E-state index >= 15 is 0 Å². The summed E-state index contributed by atoms with van der Waals surface area (Å²) in [5, 5.41) is 16.0. The molecule has 158 valence electrons. The van der Waals surface area contributed by atoms with Crippen LogP contribution >= 0.6 is 23.1 Å². The molecule has 7 nitrogen and oxygen atoms in total. The number of hydrogen-bond acceptors (Lipinski definition) is 6. The minimum atomic E-state index is -1.20. The van der Waals surface area contributed by atoms with Gasteiger partial charge < -0.3 is 15.7 Å². The summed E-state index contributed by atoms with van der Waals surface area (Å²) >= 11 is 2.70. The first-order chi connectivity index (χ1) is 14.9. The van der Waals surface area contributed by atoms with Crippen molar-refractivity contribution in [1.82, 2.24) is 4.98 Å². The van der Waals surface area contributed by atoms with Crippen LogP contribution in [0.5, 0.6) is 0 Å². The second kappa shape index (κ2) is 10.6. The third-order valence-electron chi connectivity index (χ3n) is 3.96. The molecule has 3 rings (SSSR count). The maximum Gasteiger partial charge on any atom is 0.328 e. The van der Waals surface area contributed by atoms with Crippen molar-refractivity contribution in [2.24, 2.45) is 0 Å². The molecule has 0 fully saturated rings. The van der Waals surface area contributed by atoms with Gasteiger partial charge in [0.05, 0.1) is 10.9 Å². The number of hydrogen-bond donors (Lipinski definition) is 3. The molecular weight excluding hydrogens is 434 g/mol. The van der Waals surface area contributed by atoms with Crippen LogP contribution in [0.25, 0.3) is 11.3 Å². The van der Waals surface area contributed by atoms with E-state index in [1.165, 1.54) is 23.1 Å². The lowest BCUT2D eigenvalue weighted by Crippen LogP contribution is -2.22. The Morgan fingerprint density at radius 1 is 1.06 bits per heavy atom. The summed E-state index contributed by atoms with van der Waals surface area (Å²) < 4.78 is 0. The Morgan fingerprint density at radius 2 is 1.84 bits per heavy atom. The number of benzene rings is 2. The maximum atomic E-state index is 12.6. The average molecular weight is 454 g/mol. The molecule has 0 bridgehead atoms.